The molecule has 0 fully saturated rings. The van der Waals surface area contributed by atoms with Crippen molar-refractivity contribution in [3.63, 3.8) is 0 Å². The molecule has 2 aromatic heterocycles. The second kappa shape index (κ2) is 9.84. The molecule has 5 rings (SSSR count). The van der Waals surface area contributed by atoms with Crippen LogP contribution in [0.25, 0.3) is 11.1 Å². The van der Waals surface area contributed by atoms with E-state index in [0.29, 0.717) is 36.2 Å². The van der Waals surface area contributed by atoms with Crippen LogP contribution >= 0.6 is 7.14 Å². The Morgan fingerprint density at radius 3 is 2.63 bits per heavy atom. The molecule has 0 amide bonds. The number of nitrogens with zero attached hydrogens (tertiary/aromatic N) is 6. The first-order valence-corrected chi connectivity index (χ1v) is 14.7. The number of hydrogen-bond acceptors (Lipinski definition) is 9. The van der Waals surface area contributed by atoms with Crippen molar-refractivity contribution >= 4 is 41.3 Å². The molecule has 3 heterocycles. The van der Waals surface area contributed by atoms with Gasteiger partial charge >= 0.3 is 0 Å². The van der Waals surface area contributed by atoms with Gasteiger partial charge in [0.1, 0.15) is 18.7 Å². The van der Waals surface area contributed by atoms with Gasteiger partial charge in [0.2, 0.25) is 5.95 Å². The summed E-state index contributed by atoms with van der Waals surface area (Å²) in [5.74, 6) is 1.52. The van der Waals surface area contributed by atoms with Crippen LogP contribution in [0.1, 0.15) is 11.3 Å². The van der Waals surface area contributed by atoms with E-state index in [0.717, 1.165) is 39.1 Å². The zero-order valence-electron chi connectivity index (χ0n) is 22.0. The number of nitriles is 1. The second-order valence-electron chi connectivity index (χ2n) is 9.54. The van der Waals surface area contributed by atoms with Crippen LogP contribution in [0.4, 0.5) is 28.8 Å². The molecule has 2 aromatic carbocycles. The van der Waals surface area contributed by atoms with Crippen LogP contribution in [-0.4, -0.2) is 46.7 Å². The summed E-state index contributed by atoms with van der Waals surface area (Å²) in [5.41, 5.74) is 5.90. The van der Waals surface area contributed by atoms with Crippen molar-refractivity contribution in [3.8, 4) is 23.1 Å². The fourth-order valence-electron chi connectivity index (χ4n) is 4.63. The Bertz CT molecular complexity index is 1620. The molecule has 0 saturated carbocycles. The molecular weight excluding hydrogens is 499 g/mol. The van der Waals surface area contributed by atoms with Crippen LogP contribution in [0, 0.1) is 18.4 Å². The molecule has 0 saturated heterocycles. The minimum atomic E-state index is -2.50. The predicted octanol–water partition coefficient (Wildman–Crippen LogP) is 4.77. The molecule has 1 aliphatic rings. The normalized spacial score (nSPS) is 12.7. The van der Waals surface area contributed by atoms with Crippen LogP contribution < -0.4 is 25.6 Å². The third-order valence-electron chi connectivity index (χ3n) is 6.61. The second-order valence-corrected chi connectivity index (χ2v) is 12.7. The Balaban J connectivity index is 1.54. The van der Waals surface area contributed by atoms with Gasteiger partial charge in [-0.2, -0.15) is 15.3 Å². The summed E-state index contributed by atoms with van der Waals surface area (Å²) in [6.07, 6.45) is 6.54. The molecule has 0 atom stereocenters. The maximum absolute atomic E-state index is 12.8. The van der Waals surface area contributed by atoms with Crippen LogP contribution in [0.5, 0.6) is 5.75 Å². The van der Waals surface area contributed by atoms with Crippen LogP contribution in [-0.2, 0) is 18.0 Å². The first-order valence-electron chi connectivity index (χ1n) is 12.1. The molecule has 0 aliphatic carbocycles. The van der Waals surface area contributed by atoms with E-state index < -0.39 is 7.14 Å². The molecule has 0 spiro atoms. The Hall–Kier alpha value is -4.35. The van der Waals surface area contributed by atoms with Crippen LogP contribution in [0.15, 0.2) is 48.8 Å². The molecule has 11 heteroatoms. The van der Waals surface area contributed by atoms with E-state index in [1.54, 1.807) is 31.5 Å². The van der Waals surface area contributed by atoms with Gasteiger partial charge in [0.05, 0.1) is 30.4 Å². The highest BCUT2D eigenvalue weighted by Gasteiger charge is 2.25. The number of aromatic nitrogens is 4. The summed E-state index contributed by atoms with van der Waals surface area (Å²) in [7, 11) is 0.991. The third kappa shape index (κ3) is 4.69. The number of aryl methyl sites for hydroxylation is 2. The van der Waals surface area contributed by atoms with Gasteiger partial charge in [-0.25, -0.2) is 4.98 Å². The first kappa shape index (κ1) is 25.3. The number of anilines is 5. The van der Waals surface area contributed by atoms with E-state index in [2.05, 4.69) is 26.9 Å². The van der Waals surface area contributed by atoms with Gasteiger partial charge in [-0.1, -0.05) is 12.1 Å². The molecule has 1 aliphatic heterocycles. The minimum Gasteiger partial charge on any atom is -0.494 e. The molecule has 2 N–H and O–H groups in total. The highest BCUT2D eigenvalue weighted by molar-refractivity contribution is 7.70. The zero-order valence-corrected chi connectivity index (χ0v) is 22.9. The van der Waals surface area contributed by atoms with Crippen molar-refractivity contribution in [1.29, 1.82) is 5.26 Å². The highest BCUT2D eigenvalue weighted by Crippen LogP contribution is 2.43. The lowest BCUT2D eigenvalue weighted by Gasteiger charge is -2.20. The Labute approximate surface area is 221 Å². The highest BCUT2D eigenvalue weighted by atomic mass is 31.2. The van der Waals surface area contributed by atoms with E-state index in [-0.39, 0.29) is 0 Å². The van der Waals surface area contributed by atoms with Gasteiger partial charge in [-0.3, -0.25) is 9.58 Å². The lowest BCUT2D eigenvalue weighted by Crippen LogP contribution is -2.19. The molecule has 0 unspecified atom stereocenters. The van der Waals surface area contributed by atoms with Gasteiger partial charge in [0, 0.05) is 60.0 Å². The topological polar surface area (TPSA) is 121 Å². The van der Waals surface area contributed by atoms with Crippen LogP contribution in [0.2, 0.25) is 0 Å². The summed E-state index contributed by atoms with van der Waals surface area (Å²) in [6, 6.07) is 11.3. The monoisotopic (exact) mass is 528 g/mol. The van der Waals surface area contributed by atoms with Gasteiger partial charge in [0.15, 0.2) is 6.19 Å². The quantitative estimate of drug-likeness (QED) is 0.269. The van der Waals surface area contributed by atoms with Crippen LogP contribution in [0.3, 0.4) is 0 Å². The number of methoxy groups -OCH3 is 1. The molecule has 194 valence electrons. The van der Waals surface area contributed by atoms with Gasteiger partial charge < -0.3 is 19.9 Å². The molecule has 10 nitrogen and oxygen atoms in total. The van der Waals surface area contributed by atoms with Crippen molar-refractivity contribution in [3.05, 3.63) is 60.0 Å². The predicted molar refractivity (Wildman–Crippen MR) is 151 cm³/mol. The maximum atomic E-state index is 12.8. The summed E-state index contributed by atoms with van der Waals surface area (Å²) < 4.78 is 20.4. The SMILES string of the molecule is COc1cc2c(cc1Nc1ncc(C)c(Nc3ccccc3P(C)(C)=O)n1)-c1cnn(C)c1CCN2C#N. The molecule has 38 heavy (non-hydrogen) atoms. The standard InChI is InChI=1S/C27H29N8O2P/c1-17-14-29-27(33-26(17)31-20-8-6-7-9-25(20)38(4,5)36)32-21-12-18-19-15-30-34(2)22(19)10-11-35(16-28)23(18)13-24(21)37-3/h6-9,12-15H,10-11H2,1-5H3,(H2,29,31,32,33). The van der Waals surface area contributed by atoms with E-state index in [9.17, 15) is 9.83 Å². The van der Waals surface area contributed by atoms with E-state index in [1.807, 2.05) is 61.2 Å². The van der Waals surface area contributed by atoms with Crippen molar-refractivity contribution in [2.75, 3.05) is 42.5 Å². The maximum Gasteiger partial charge on any atom is 0.229 e. The fraction of sp³-hybridized carbons (Fsp3) is 0.259. The smallest absolute Gasteiger partial charge is 0.229 e. The number of fused-ring (bicyclic) bond motifs is 3. The Morgan fingerprint density at radius 2 is 1.89 bits per heavy atom. The lowest BCUT2D eigenvalue weighted by atomic mass is 10.0. The molecule has 4 aromatic rings. The van der Waals surface area contributed by atoms with Gasteiger partial charge in [-0.15, -0.1) is 0 Å². The minimum absolute atomic E-state index is 0.363. The van der Waals surface area contributed by atoms with Crippen molar-refractivity contribution in [2.45, 2.75) is 13.3 Å². The number of nitrogens with one attached hydrogen (secondary N) is 2. The van der Waals surface area contributed by atoms with Gasteiger partial charge in [-0.05, 0) is 38.5 Å². The largest absolute Gasteiger partial charge is 0.494 e. The Morgan fingerprint density at radius 1 is 1.11 bits per heavy atom. The summed E-state index contributed by atoms with van der Waals surface area (Å²) in [4.78, 5) is 10.9. The van der Waals surface area contributed by atoms with E-state index in [1.165, 1.54) is 0 Å². The fourth-order valence-corrected chi connectivity index (χ4v) is 5.78. The van der Waals surface area contributed by atoms with Gasteiger partial charge in [0.25, 0.3) is 0 Å². The van der Waals surface area contributed by atoms with E-state index >= 15 is 0 Å². The number of para-hydroxylation sites is 1. The average Bonchev–Trinajstić information content (AvgIpc) is 3.18. The van der Waals surface area contributed by atoms with Crippen molar-refractivity contribution < 1.29 is 9.30 Å². The third-order valence-corrected chi connectivity index (χ3v) is 8.16. The number of ether oxygens (including phenoxy) is 1. The average molecular weight is 529 g/mol. The number of benzene rings is 2. The molecule has 0 bridgehead atoms. The zero-order chi connectivity index (χ0) is 27.0. The number of hydrogen-bond donors (Lipinski definition) is 2. The molecular formula is C27H29N8O2P. The lowest BCUT2D eigenvalue weighted by molar-refractivity contribution is 0.417. The Kier molecular flexibility index (Phi) is 6.55. The van der Waals surface area contributed by atoms with Crippen molar-refractivity contribution in [2.24, 2.45) is 7.05 Å². The first-order chi connectivity index (χ1) is 18.2. The summed E-state index contributed by atoms with van der Waals surface area (Å²) in [5, 5.41) is 21.7. The summed E-state index contributed by atoms with van der Waals surface area (Å²) >= 11 is 0. The van der Waals surface area contributed by atoms with Crippen molar-refractivity contribution in [1.82, 2.24) is 19.7 Å². The number of rotatable bonds is 6. The van der Waals surface area contributed by atoms with E-state index in [4.69, 9.17) is 9.72 Å². The molecule has 0 radical (unpaired) electrons. The summed E-state index contributed by atoms with van der Waals surface area (Å²) in [6.45, 7) is 5.96.